The number of halogens is 5. The SMILES string of the molecule is COc1ccc(-c2cn(C)nc2C(=O)N2CC(F)(F)C[C@@H](C)C2CNc2ncc(C(F)(F)F)cn2)cc1. The summed E-state index contributed by atoms with van der Waals surface area (Å²) in [7, 11) is 3.15. The molecule has 8 nitrogen and oxygen atoms in total. The number of ether oxygens (including phenoxy) is 1. The summed E-state index contributed by atoms with van der Waals surface area (Å²) in [6.45, 7) is 0.726. The van der Waals surface area contributed by atoms with Gasteiger partial charge in [0.25, 0.3) is 11.8 Å². The molecule has 13 heteroatoms. The summed E-state index contributed by atoms with van der Waals surface area (Å²) in [5, 5.41) is 7.04. The summed E-state index contributed by atoms with van der Waals surface area (Å²) >= 11 is 0. The predicted octanol–water partition coefficient (Wildman–Crippen LogP) is 4.50. The largest absolute Gasteiger partial charge is 0.497 e. The Morgan fingerprint density at radius 1 is 1.19 bits per heavy atom. The highest BCUT2D eigenvalue weighted by Crippen LogP contribution is 2.36. The van der Waals surface area contributed by atoms with Gasteiger partial charge in [-0.15, -0.1) is 0 Å². The zero-order valence-electron chi connectivity index (χ0n) is 20.3. The van der Waals surface area contributed by atoms with Crippen LogP contribution in [0.5, 0.6) is 5.75 Å². The van der Waals surface area contributed by atoms with Crippen molar-refractivity contribution in [1.82, 2.24) is 24.6 Å². The van der Waals surface area contributed by atoms with Gasteiger partial charge in [-0.3, -0.25) is 9.48 Å². The third kappa shape index (κ3) is 5.81. The first-order chi connectivity index (χ1) is 17.4. The molecule has 4 rings (SSSR count). The Kier molecular flexibility index (Phi) is 7.07. The number of hydrogen-bond donors (Lipinski definition) is 1. The molecule has 0 bridgehead atoms. The van der Waals surface area contributed by atoms with E-state index < -0.39 is 48.5 Å². The van der Waals surface area contributed by atoms with E-state index in [1.54, 1.807) is 44.4 Å². The van der Waals surface area contributed by atoms with E-state index in [1.807, 2.05) is 0 Å². The highest BCUT2D eigenvalue weighted by molar-refractivity contribution is 5.99. The number of carbonyl (C=O) groups is 1. The van der Waals surface area contributed by atoms with E-state index in [9.17, 15) is 26.7 Å². The molecule has 1 aromatic carbocycles. The Balaban J connectivity index is 1.60. The van der Waals surface area contributed by atoms with Gasteiger partial charge in [-0.1, -0.05) is 19.1 Å². The molecule has 1 saturated heterocycles. The number of rotatable bonds is 6. The lowest BCUT2D eigenvalue weighted by Crippen LogP contribution is -2.57. The second kappa shape index (κ2) is 9.94. The Morgan fingerprint density at radius 2 is 1.84 bits per heavy atom. The number of nitrogens with one attached hydrogen (secondary N) is 1. The Bertz CT molecular complexity index is 1240. The van der Waals surface area contributed by atoms with Gasteiger partial charge in [0, 0.05) is 44.2 Å². The number of benzene rings is 1. The standard InChI is InChI=1S/C24H25F5N6O2/c1-14-8-23(25,26)13-35(19(14)11-32-22-30-9-16(10-31-22)24(27,28)29)21(36)20-18(12-34(2)33-20)15-4-6-17(37-3)7-5-15/h4-7,9-10,12,14,19H,8,11,13H2,1-3H3,(H,30,31,32)/t14-,19?/m1/s1. The number of alkyl halides is 5. The van der Waals surface area contributed by atoms with Crippen LogP contribution < -0.4 is 10.1 Å². The van der Waals surface area contributed by atoms with Crippen LogP contribution in [0.1, 0.15) is 29.4 Å². The maximum Gasteiger partial charge on any atom is 0.419 e. The number of piperidine rings is 1. The van der Waals surface area contributed by atoms with E-state index >= 15 is 0 Å². The van der Waals surface area contributed by atoms with Crippen LogP contribution in [-0.4, -0.2) is 62.7 Å². The van der Waals surface area contributed by atoms with Crippen LogP contribution >= 0.6 is 0 Å². The number of hydrogen-bond acceptors (Lipinski definition) is 6. The average molecular weight is 524 g/mol. The highest BCUT2D eigenvalue weighted by atomic mass is 19.4. The van der Waals surface area contributed by atoms with Crippen molar-refractivity contribution in [2.24, 2.45) is 13.0 Å². The molecule has 198 valence electrons. The number of methoxy groups -OCH3 is 1. The zero-order valence-corrected chi connectivity index (χ0v) is 20.3. The van der Waals surface area contributed by atoms with Crippen molar-refractivity contribution in [2.45, 2.75) is 31.5 Å². The molecule has 3 aromatic rings. The maximum absolute atomic E-state index is 14.6. The fourth-order valence-electron chi connectivity index (χ4n) is 4.40. The summed E-state index contributed by atoms with van der Waals surface area (Å²) in [6.07, 6.45) is -2.15. The molecule has 0 radical (unpaired) electrons. The first-order valence-corrected chi connectivity index (χ1v) is 11.4. The second-order valence-electron chi connectivity index (χ2n) is 9.01. The summed E-state index contributed by atoms with van der Waals surface area (Å²) in [5.74, 6) is -3.94. The Morgan fingerprint density at radius 3 is 2.43 bits per heavy atom. The van der Waals surface area contributed by atoms with Crippen molar-refractivity contribution in [3.05, 3.63) is 54.1 Å². The number of amides is 1. The van der Waals surface area contributed by atoms with Crippen molar-refractivity contribution in [3.8, 4) is 16.9 Å². The first-order valence-electron chi connectivity index (χ1n) is 11.4. The molecule has 1 N–H and O–H groups in total. The minimum atomic E-state index is -4.59. The lowest BCUT2D eigenvalue weighted by Gasteiger charge is -2.43. The Hall–Kier alpha value is -3.77. The molecule has 1 unspecified atom stereocenters. The smallest absolute Gasteiger partial charge is 0.419 e. The molecule has 2 aromatic heterocycles. The molecule has 2 atom stereocenters. The monoisotopic (exact) mass is 524 g/mol. The number of aryl methyl sites for hydroxylation is 1. The lowest BCUT2D eigenvalue weighted by molar-refractivity contribution is -0.138. The van der Waals surface area contributed by atoms with Gasteiger partial charge in [0.15, 0.2) is 5.69 Å². The first kappa shape index (κ1) is 26.3. The van der Waals surface area contributed by atoms with Crippen molar-refractivity contribution < 1.29 is 31.5 Å². The second-order valence-corrected chi connectivity index (χ2v) is 9.01. The van der Waals surface area contributed by atoms with E-state index in [2.05, 4.69) is 20.4 Å². The van der Waals surface area contributed by atoms with Crippen LogP contribution in [0.25, 0.3) is 11.1 Å². The molecule has 37 heavy (non-hydrogen) atoms. The molecule has 3 heterocycles. The molecule has 1 aliphatic heterocycles. The average Bonchev–Trinajstić information content (AvgIpc) is 3.23. The molecule has 0 aliphatic carbocycles. The summed E-state index contributed by atoms with van der Waals surface area (Å²) in [5.41, 5.74) is 0.117. The zero-order chi connectivity index (χ0) is 27.0. The van der Waals surface area contributed by atoms with Crippen molar-refractivity contribution >= 4 is 11.9 Å². The Labute approximate surface area is 209 Å². The summed E-state index contributed by atoms with van der Waals surface area (Å²) in [6, 6.07) is 6.18. The predicted molar refractivity (Wildman–Crippen MR) is 124 cm³/mol. The molecule has 1 fully saturated rings. The third-order valence-electron chi connectivity index (χ3n) is 6.22. The minimum absolute atomic E-state index is 0.00773. The van der Waals surface area contributed by atoms with E-state index in [1.165, 1.54) is 11.8 Å². The summed E-state index contributed by atoms with van der Waals surface area (Å²) < 4.78 is 74.2. The van der Waals surface area contributed by atoms with Crippen LogP contribution in [0.3, 0.4) is 0 Å². The van der Waals surface area contributed by atoms with Gasteiger partial charge >= 0.3 is 6.18 Å². The van der Waals surface area contributed by atoms with Crippen LogP contribution in [0.4, 0.5) is 27.9 Å². The highest BCUT2D eigenvalue weighted by Gasteiger charge is 2.47. The fourth-order valence-corrected chi connectivity index (χ4v) is 4.40. The quantitative estimate of drug-likeness (QED) is 0.478. The topological polar surface area (TPSA) is 85.2 Å². The third-order valence-corrected chi connectivity index (χ3v) is 6.22. The van der Waals surface area contributed by atoms with E-state index in [-0.39, 0.29) is 18.2 Å². The normalized spacial score (nSPS) is 19.5. The van der Waals surface area contributed by atoms with Gasteiger partial charge < -0.3 is 15.0 Å². The van der Waals surface area contributed by atoms with Crippen LogP contribution in [0, 0.1) is 5.92 Å². The van der Waals surface area contributed by atoms with Gasteiger partial charge in [0.1, 0.15) is 5.75 Å². The van der Waals surface area contributed by atoms with Gasteiger partial charge in [0.2, 0.25) is 5.95 Å². The molecule has 1 amide bonds. The van der Waals surface area contributed by atoms with E-state index in [4.69, 9.17) is 4.74 Å². The number of anilines is 1. The number of aromatic nitrogens is 4. The molecule has 1 aliphatic rings. The molecule has 0 saturated carbocycles. The lowest BCUT2D eigenvalue weighted by atomic mass is 9.88. The summed E-state index contributed by atoms with van der Waals surface area (Å²) in [4.78, 5) is 22.0. The van der Waals surface area contributed by atoms with E-state index in [0.717, 1.165) is 4.90 Å². The number of nitrogens with zero attached hydrogens (tertiary/aromatic N) is 5. The number of carbonyl (C=O) groups excluding carboxylic acids is 1. The molecule has 0 spiro atoms. The molecular formula is C24H25F5N6O2. The van der Waals surface area contributed by atoms with Crippen molar-refractivity contribution in [2.75, 3.05) is 25.5 Å². The van der Waals surface area contributed by atoms with Crippen LogP contribution in [-0.2, 0) is 13.2 Å². The van der Waals surface area contributed by atoms with Crippen molar-refractivity contribution in [3.63, 3.8) is 0 Å². The van der Waals surface area contributed by atoms with Gasteiger partial charge in [-0.05, 0) is 23.6 Å². The number of likely N-dealkylation sites (tertiary alicyclic amines) is 1. The minimum Gasteiger partial charge on any atom is -0.497 e. The van der Waals surface area contributed by atoms with Crippen LogP contribution in [0.15, 0.2) is 42.9 Å². The molecular weight excluding hydrogens is 499 g/mol. The van der Waals surface area contributed by atoms with Crippen molar-refractivity contribution in [1.29, 1.82) is 0 Å². The van der Waals surface area contributed by atoms with E-state index in [0.29, 0.717) is 29.3 Å². The van der Waals surface area contributed by atoms with Gasteiger partial charge in [-0.2, -0.15) is 18.3 Å². The van der Waals surface area contributed by atoms with Gasteiger partial charge in [0.05, 0.1) is 25.3 Å². The van der Waals surface area contributed by atoms with Gasteiger partial charge in [-0.25, -0.2) is 18.7 Å². The maximum atomic E-state index is 14.6. The fraction of sp³-hybridized carbons (Fsp3) is 0.417. The van der Waals surface area contributed by atoms with Crippen LogP contribution in [0.2, 0.25) is 0 Å².